The Morgan fingerprint density at radius 3 is 2.10 bits per heavy atom. The van der Waals surface area contributed by atoms with Crippen LogP contribution in [0.25, 0.3) is 10.8 Å². The van der Waals surface area contributed by atoms with E-state index in [-0.39, 0.29) is 63.7 Å². The minimum atomic E-state index is -1.27. The summed E-state index contributed by atoms with van der Waals surface area (Å²) in [5.41, 5.74) is -0.248. The summed E-state index contributed by atoms with van der Waals surface area (Å²) in [7, 11) is 0. The predicted octanol–water partition coefficient (Wildman–Crippen LogP) is 2.51. The molecule has 206 valence electrons. The van der Waals surface area contributed by atoms with E-state index in [4.69, 9.17) is 9.47 Å². The van der Waals surface area contributed by atoms with Crippen LogP contribution >= 0.6 is 0 Å². The second-order valence-corrected chi connectivity index (χ2v) is 9.94. The van der Waals surface area contributed by atoms with Gasteiger partial charge in [0.15, 0.2) is 23.4 Å². The molecule has 8 N–H and O–H groups in total. The van der Waals surface area contributed by atoms with E-state index in [9.17, 15) is 45.6 Å². The Labute approximate surface area is 225 Å². The Kier molecular flexibility index (Phi) is 5.79. The number of benzene rings is 3. The van der Waals surface area contributed by atoms with E-state index in [1.54, 1.807) is 12.1 Å². The fraction of sp³-hybridized carbons (Fsp3) is 0.207. The number of phenols is 5. The second-order valence-electron chi connectivity index (χ2n) is 9.94. The lowest BCUT2D eigenvalue weighted by molar-refractivity contribution is 0.0194. The van der Waals surface area contributed by atoms with Crippen LogP contribution in [0.4, 0.5) is 0 Å². The molecular weight excluding hydrogens is 524 g/mol. The van der Waals surface area contributed by atoms with Gasteiger partial charge in [-0.3, -0.25) is 4.79 Å². The predicted molar refractivity (Wildman–Crippen MR) is 139 cm³/mol. The molecule has 0 saturated heterocycles. The summed E-state index contributed by atoms with van der Waals surface area (Å²) in [6, 6.07) is 10.5. The third-order valence-electron chi connectivity index (χ3n) is 7.37. The minimum absolute atomic E-state index is 0.0105. The van der Waals surface area contributed by atoms with Gasteiger partial charge >= 0.3 is 0 Å². The molecule has 0 saturated carbocycles. The number of rotatable bonds is 2. The van der Waals surface area contributed by atoms with Crippen molar-refractivity contribution in [2.45, 2.75) is 37.3 Å². The zero-order valence-corrected chi connectivity index (χ0v) is 20.6. The summed E-state index contributed by atoms with van der Waals surface area (Å²) in [4.78, 5) is 13.2. The molecule has 11 nitrogen and oxygen atoms in total. The summed E-state index contributed by atoms with van der Waals surface area (Å²) >= 11 is 0. The average Bonchev–Trinajstić information content (AvgIpc) is 3.03. The van der Waals surface area contributed by atoms with Crippen LogP contribution in [-0.2, 0) is 12.8 Å². The van der Waals surface area contributed by atoms with Gasteiger partial charge in [-0.25, -0.2) is 0 Å². The number of hydrogen-bond acceptors (Lipinski definition) is 11. The first-order chi connectivity index (χ1) is 19.0. The molecule has 1 unspecified atom stereocenters. The Morgan fingerprint density at radius 2 is 1.35 bits per heavy atom. The lowest BCUT2D eigenvalue weighted by atomic mass is 9.90. The molecule has 0 aromatic heterocycles. The van der Waals surface area contributed by atoms with Gasteiger partial charge in [0.1, 0.15) is 34.9 Å². The molecule has 4 aromatic rings. The van der Waals surface area contributed by atoms with Crippen molar-refractivity contribution in [1.29, 1.82) is 0 Å². The second kappa shape index (κ2) is 9.11. The number of aromatic hydroxyl groups is 6. The molecule has 0 spiro atoms. The third kappa shape index (κ3) is 3.94. The van der Waals surface area contributed by atoms with Crippen LogP contribution in [-0.4, -0.2) is 53.1 Å². The Hall–Kier alpha value is -4.87. The van der Waals surface area contributed by atoms with Crippen molar-refractivity contribution in [2.24, 2.45) is 0 Å². The largest absolute Gasteiger partial charge is 0.508 e. The van der Waals surface area contributed by atoms with Crippen LogP contribution in [0.3, 0.4) is 0 Å². The van der Waals surface area contributed by atoms with Crippen molar-refractivity contribution >= 4 is 10.8 Å². The first kappa shape index (κ1) is 25.4. The van der Waals surface area contributed by atoms with Crippen molar-refractivity contribution in [1.82, 2.24) is 0 Å². The van der Waals surface area contributed by atoms with Crippen molar-refractivity contribution in [3.8, 4) is 46.0 Å². The Morgan fingerprint density at radius 1 is 0.675 bits per heavy atom. The van der Waals surface area contributed by atoms with Crippen molar-refractivity contribution in [3.63, 3.8) is 0 Å². The van der Waals surface area contributed by atoms with E-state index in [1.807, 2.05) is 0 Å². The van der Waals surface area contributed by atoms with Gasteiger partial charge in [-0.05, 0) is 41.3 Å². The maximum absolute atomic E-state index is 13.2. The first-order valence-corrected chi connectivity index (χ1v) is 12.3. The van der Waals surface area contributed by atoms with E-state index in [1.165, 1.54) is 18.2 Å². The molecule has 0 bridgehead atoms. The molecule has 0 radical (unpaired) electrons. The van der Waals surface area contributed by atoms with Crippen LogP contribution in [0.15, 0.2) is 53.3 Å². The van der Waals surface area contributed by atoms with Gasteiger partial charge in [0.2, 0.25) is 5.43 Å². The highest BCUT2D eigenvalue weighted by molar-refractivity contribution is 5.94. The molecular formula is C29H24O11. The number of ether oxygens (including phenoxy) is 2. The van der Waals surface area contributed by atoms with Crippen molar-refractivity contribution in [2.75, 3.05) is 0 Å². The maximum atomic E-state index is 13.2. The minimum Gasteiger partial charge on any atom is -0.508 e. The average molecular weight is 549 g/mol. The summed E-state index contributed by atoms with van der Waals surface area (Å²) in [6.45, 7) is 0. The number of aliphatic hydroxyl groups excluding tert-OH is 2. The van der Waals surface area contributed by atoms with Gasteiger partial charge in [-0.2, -0.15) is 0 Å². The molecule has 40 heavy (non-hydrogen) atoms. The number of phenolic OH excluding ortho intramolecular Hbond substituents is 5. The summed E-state index contributed by atoms with van der Waals surface area (Å²) in [5.74, 6) is -2.62. The molecule has 6 rings (SSSR count). The van der Waals surface area contributed by atoms with Crippen LogP contribution in [0.2, 0.25) is 0 Å². The summed E-state index contributed by atoms with van der Waals surface area (Å²) < 4.78 is 11.9. The third-order valence-corrected chi connectivity index (χ3v) is 7.37. The highest BCUT2D eigenvalue weighted by Crippen LogP contribution is 2.46. The molecule has 2 heterocycles. The summed E-state index contributed by atoms with van der Waals surface area (Å²) in [6.07, 6.45) is -5.00. The molecule has 0 fully saturated rings. The lowest BCUT2D eigenvalue weighted by Gasteiger charge is -2.32. The Balaban J connectivity index is 1.56. The van der Waals surface area contributed by atoms with Gasteiger partial charge in [-0.1, -0.05) is 6.07 Å². The topological polar surface area (TPSA) is 197 Å². The van der Waals surface area contributed by atoms with E-state index in [2.05, 4.69) is 0 Å². The summed E-state index contributed by atoms with van der Waals surface area (Å²) in [5, 5.41) is 83.6. The number of hydrogen-bond donors (Lipinski definition) is 8. The molecule has 2 aliphatic heterocycles. The van der Waals surface area contributed by atoms with Crippen LogP contribution in [0, 0.1) is 0 Å². The number of fused-ring (bicyclic) bond motifs is 3. The molecule has 4 atom stereocenters. The molecule has 0 aliphatic carbocycles. The van der Waals surface area contributed by atoms with E-state index in [0.29, 0.717) is 5.56 Å². The fourth-order valence-corrected chi connectivity index (χ4v) is 5.46. The molecule has 4 aromatic carbocycles. The molecule has 0 amide bonds. The maximum Gasteiger partial charge on any atom is 0.231 e. The smallest absolute Gasteiger partial charge is 0.231 e. The molecule has 11 heteroatoms. The van der Waals surface area contributed by atoms with Crippen LogP contribution in [0.1, 0.15) is 34.5 Å². The monoisotopic (exact) mass is 548 g/mol. The van der Waals surface area contributed by atoms with Gasteiger partial charge in [0, 0.05) is 41.7 Å². The molecule has 2 aliphatic rings. The van der Waals surface area contributed by atoms with Gasteiger partial charge < -0.3 is 50.3 Å². The van der Waals surface area contributed by atoms with E-state index >= 15 is 0 Å². The van der Waals surface area contributed by atoms with Crippen molar-refractivity contribution in [3.05, 3.63) is 81.0 Å². The zero-order valence-electron chi connectivity index (χ0n) is 20.6. The standard InChI is InChI=1S/C29H24O11/c30-12-6-18(32)16-10-21(35)28(40-24(16)7-12)11-4-13-14(8-20(34)27(38)25(13)26(37)19(33)5-11)29-22(36)9-15-17(31)2-1-3-23(15)39-29/h1-8,21-22,28-32,34-36,38H,9-10H2,(H,33,37)/t21?,22-,28+,29-/m0/s1. The normalized spacial score (nSPS) is 21.6. The fourth-order valence-electron chi connectivity index (χ4n) is 5.46. The van der Waals surface area contributed by atoms with Crippen molar-refractivity contribution < 1.29 is 50.3 Å². The van der Waals surface area contributed by atoms with Crippen LogP contribution < -0.4 is 14.9 Å². The van der Waals surface area contributed by atoms with E-state index < -0.39 is 52.5 Å². The quantitative estimate of drug-likeness (QED) is 0.171. The zero-order chi connectivity index (χ0) is 28.5. The van der Waals surface area contributed by atoms with Gasteiger partial charge in [0.25, 0.3) is 0 Å². The van der Waals surface area contributed by atoms with Gasteiger partial charge in [-0.15, -0.1) is 0 Å². The SMILES string of the molecule is O=c1c(O)cc([C@H]2Oc3cc(O)cc(O)c3CC2O)cc2c([C@@H]3Oc4cccc(O)c4C[C@@H]3O)cc(O)c(O)c12. The van der Waals surface area contributed by atoms with Crippen LogP contribution in [0.5, 0.6) is 46.0 Å². The number of aliphatic hydroxyl groups is 2. The highest BCUT2D eigenvalue weighted by atomic mass is 16.5. The van der Waals surface area contributed by atoms with Gasteiger partial charge in [0.05, 0.1) is 17.6 Å². The first-order valence-electron chi connectivity index (χ1n) is 12.3. The highest BCUT2D eigenvalue weighted by Gasteiger charge is 2.36. The van der Waals surface area contributed by atoms with E-state index in [0.717, 1.165) is 18.2 Å². The Bertz CT molecular complexity index is 1750. The lowest BCUT2D eigenvalue weighted by Crippen LogP contribution is -2.31.